The minimum Gasteiger partial charge on any atom is -0.399 e. The number of nitrogens with one attached hydrogen (secondary N) is 1. The summed E-state index contributed by atoms with van der Waals surface area (Å²) < 4.78 is 0. The van der Waals surface area contributed by atoms with E-state index in [2.05, 4.69) is 20.2 Å². The summed E-state index contributed by atoms with van der Waals surface area (Å²) in [6.07, 6.45) is 0. The zero-order valence-electron chi connectivity index (χ0n) is 7.86. The van der Waals surface area contributed by atoms with Crippen LogP contribution in [0.3, 0.4) is 0 Å². The molecule has 0 atom stereocenters. The van der Waals surface area contributed by atoms with Crippen molar-refractivity contribution in [3.05, 3.63) is 23.1 Å². The van der Waals surface area contributed by atoms with Crippen molar-refractivity contribution in [2.75, 3.05) is 5.73 Å². The third-order valence-electron chi connectivity index (χ3n) is 1.57. The Labute approximate surface area is 95.5 Å². The molecule has 3 N–H and O–H groups in total. The lowest BCUT2D eigenvalue weighted by molar-refractivity contribution is 0.964. The fourth-order valence-corrected chi connectivity index (χ4v) is 2.07. The van der Waals surface area contributed by atoms with Gasteiger partial charge in [0, 0.05) is 5.69 Å². The molecule has 0 bridgehead atoms. The number of aromatic nitrogens is 4. The van der Waals surface area contributed by atoms with Crippen molar-refractivity contribution in [3.8, 4) is 0 Å². The molecule has 0 aliphatic heterocycles. The van der Waals surface area contributed by atoms with Gasteiger partial charge in [-0.2, -0.15) is 0 Å². The van der Waals surface area contributed by atoms with Gasteiger partial charge in [-0.25, -0.2) is 9.97 Å². The summed E-state index contributed by atoms with van der Waals surface area (Å²) in [5.74, 6) is 0.757. The number of rotatable bonds is 2. The first kappa shape index (κ1) is 10.3. The predicted molar refractivity (Wildman–Crippen MR) is 58.9 cm³/mol. The molecule has 7 heteroatoms. The number of nitrogen functional groups attached to an aromatic ring is 1. The van der Waals surface area contributed by atoms with Crippen LogP contribution in [-0.2, 0) is 0 Å². The zero-order valence-corrected chi connectivity index (χ0v) is 9.43. The van der Waals surface area contributed by atoms with E-state index in [1.807, 2.05) is 6.92 Å². The normalized spacial score (nSPS) is 10.5. The minimum atomic E-state index is 0.366. The fourth-order valence-electron chi connectivity index (χ4n) is 1.01. The van der Waals surface area contributed by atoms with Crippen LogP contribution in [0.25, 0.3) is 0 Å². The standard InChI is InChI=1S/C8H8ClN5S/c1-4-11-8(14-13-4)15-7-3-5(10)2-6(9)12-7/h2-3H,1H3,(H2,10,12)(H,11,13,14). The van der Waals surface area contributed by atoms with Crippen LogP contribution >= 0.6 is 23.4 Å². The summed E-state index contributed by atoms with van der Waals surface area (Å²) in [6, 6.07) is 3.32. The lowest BCUT2D eigenvalue weighted by Gasteiger charge is -1.99. The number of nitrogens with two attached hydrogens (primary N) is 1. The van der Waals surface area contributed by atoms with Crippen LogP contribution in [0.1, 0.15) is 5.82 Å². The van der Waals surface area contributed by atoms with Gasteiger partial charge in [0.05, 0.1) is 0 Å². The smallest absolute Gasteiger partial charge is 0.214 e. The van der Waals surface area contributed by atoms with Gasteiger partial charge in [-0.15, -0.1) is 5.10 Å². The van der Waals surface area contributed by atoms with E-state index in [-0.39, 0.29) is 0 Å². The number of anilines is 1. The van der Waals surface area contributed by atoms with Gasteiger partial charge in [0.2, 0.25) is 5.16 Å². The van der Waals surface area contributed by atoms with Crippen molar-refractivity contribution in [2.24, 2.45) is 0 Å². The maximum absolute atomic E-state index is 5.77. The van der Waals surface area contributed by atoms with Gasteiger partial charge in [0.25, 0.3) is 0 Å². The van der Waals surface area contributed by atoms with Gasteiger partial charge >= 0.3 is 0 Å². The van der Waals surface area contributed by atoms with Gasteiger partial charge in [-0.1, -0.05) is 11.6 Å². The molecule has 0 spiro atoms. The Hall–Kier alpha value is -1.27. The average molecular weight is 242 g/mol. The number of aryl methyl sites for hydroxylation is 1. The first-order valence-electron chi connectivity index (χ1n) is 4.13. The zero-order chi connectivity index (χ0) is 10.8. The maximum atomic E-state index is 5.77. The molecule has 78 valence electrons. The van der Waals surface area contributed by atoms with Crippen molar-refractivity contribution >= 4 is 29.1 Å². The van der Waals surface area contributed by atoms with Crippen LogP contribution in [0.2, 0.25) is 5.15 Å². The van der Waals surface area contributed by atoms with E-state index in [0.717, 1.165) is 5.82 Å². The Morgan fingerprint density at radius 3 is 2.80 bits per heavy atom. The predicted octanol–water partition coefficient (Wildman–Crippen LogP) is 1.89. The van der Waals surface area contributed by atoms with Gasteiger partial charge in [0.1, 0.15) is 16.0 Å². The third-order valence-corrected chi connectivity index (χ3v) is 2.54. The highest BCUT2D eigenvalue weighted by Gasteiger charge is 2.05. The summed E-state index contributed by atoms with van der Waals surface area (Å²) in [7, 11) is 0. The molecule has 0 saturated heterocycles. The van der Waals surface area contributed by atoms with Gasteiger partial charge in [-0.3, -0.25) is 5.10 Å². The Bertz CT molecular complexity index is 463. The Balaban J connectivity index is 2.24. The lowest BCUT2D eigenvalue weighted by Crippen LogP contribution is -1.89. The van der Waals surface area contributed by atoms with Gasteiger partial charge in [-0.05, 0) is 30.8 Å². The fraction of sp³-hybridized carbons (Fsp3) is 0.125. The van der Waals surface area contributed by atoms with Gasteiger partial charge < -0.3 is 5.73 Å². The molecule has 0 radical (unpaired) electrons. The number of nitrogens with zero attached hydrogens (tertiary/aromatic N) is 3. The molecule has 0 amide bonds. The number of pyridine rings is 1. The van der Waals surface area contributed by atoms with E-state index in [1.165, 1.54) is 11.8 Å². The van der Waals surface area contributed by atoms with Crippen LogP contribution in [0, 0.1) is 6.92 Å². The molecule has 0 aromatic carbocycles. The average Bonchev–Trinajstić information content (AvgIpc) is 2.49. The lowest BCUT2D eigenvalue weighted by atomic mass is 10.4. The highest BCUT2D eigenvalue weighted by molar-refractivity contribution is 7.99. The van der Waals surface area contributed by atoms with Crippen LogP contribution < -0.4 is 5.73 Å². The Kier molecular flexibility index (Phi) is 2.79. The van der Waals surface area contributed by atoms with Crippen molar-refractivity contribution < 1.29 is 0 Å². The second kappa shape index (κ2) is 4.08. The van der Waals surface area contributed by atoms with E-state index in [9.17, 15) is 0 Å². The molecule has 0 aliphatic carbocycles. The molecule has 2 aromatic heterocycles. The molecule has 2 heterocycles. The minimum absolute atomic E-state index is 0.366. The topological polar surface area (TPSA) is 80.5 Å². The first-order chi connectivity index (χ1) is 7.13. The molecule has 0 aliphatic rings. The monoisotopic (exact) mass is 241 g/mol. The molecular formula is C8H8ClN5S. The molecule has 2 aromatic rings. The van der Waals surface area contributed by atoms with E-state index >= 15 is 0 Å². The van der Waals surface area contributed by atoms with Crippen molar-refractivity contribution in [1.29, 1.82) is 0 Å². The van der Waals surface area contributed by atoms with Gasteiger partial charge in [0.15, 0.2) is 0 Å². The second-order valence-corrected chi connectivity index (χ2v) is 4.24. The summed E-state index contributed by atoms with van der Waals surface area (Å²) in [4.78, 5) is 8.23. The Morgan fingerprint density at radius 2 is 2.20 bits per heavy atom. The molecule has 0 saturated carbocycles. The summed E-state index contributed by atoms with van der Waals surface area (Å²) in [5.41, 5.74) is 6.21. The SMILES string of the molecule is Cc1nc(Sc2cc(N)cc(Cl)n2)n[nH]1. The number of aromatic amines is 1. The van der Waals surface area contributed by atoms with E-state index < -0.39 is 0 Å². The van der Waals surface area contributed by atoms with Crippen molar-refractivity contribution in [1.82, 2.24) is 20.2 Å². The largest absolute Gasteiger partial charge is 0.399 e. The molecule has 15 heavy (non-hydrogen) atoms. The van der Waals surface area contributed by atoms with E-state index in [1.54, 1.807) is 12.1 Å². The molecular weight excluding hydrogens is 234 g/mol. The van der Waals surface area contributed by atoms with Crippen LogP contribution in [0.15, 0.2) is 22.3 Å². The number of H-pyrrole nitrogens is 1. The molecule has 5 nitrogen and oxygen atoms in total. The van der Waals surface area contributed by atoms with Crippen molar-refractivity contribution in [3.63, 3.8) is 0 Å². The molecule has 0 unspecified atom stereocenters. The van der Waals surface area contributed by atoms with E-state index in [4.69, 9.17) is 17.3 Å². The second-order valence-electron chi connectivity index (χ2n) is 2.87. The molecule has 0 fully saturated rings. The first-order valence-corrected chi connectivity index (χ1v) is 5.33. The maximum Gasteiger partial charge on any atom is 0.214 e. The van der Waals surface area contributed by atoms with Crippen LogP contribution in [-0.4, -0.2) is 20.2 Å². The third kappa shape index (κ3) is 2.60. The highest BCUT2D eigenvalue weighted by atomic mass is 35.5. The number of hydrogen-bond acceptors (Lipinski definition) is 5. The quantitative estimate of drug-likeness (QED) is 0.785. The number of halogens is 1. The molecule has 2 rings (SSSR count). The van der Waals surface area contributed by atoms with Crippen LogP contribution in [0.4, 0.5) is 5.69 Å². The highest BCUT2D eigenvalue weighted by Crippen LogP contribution is 2.25. The van der Waals surface area contributed by atoms with E-state index in [0.29, 0.717) is 21.0 Å². The summed E-state index contributed by atoms with van der Waals surface area (Å²) in [6.45, 7) is 1.83. The summed E-state index contributed by atoms with van der Waals surface area (Å²) >= 11 is 7.08. The van der Waals surface area contributed by atoms with Crippen molar-refractivity contribution in [2.45, 2.75) is 17.1 Å². The van der Waals surface area contributed by atoms with Crippen LogP contribution in [0.5, 0.6) is 0 Å². The Morgan fingerprint density at radius 1 is 1.40 bits per heavy atom. The summed E-state index contributed by atoms with van der Waals surface area (Å²) in [5, 5.41) is 8.36. The number of hydrogen-bond donors (Lipinski definition) is 2.